The summed E-state index contributed by atoms with van der Waals surface area (Å²) in [6, 6.07) is 6.12. The number of hydrogen-bond donors (Lipinski definition) is 1. The van der Waals surface area contributed by atoms with Crippen molar-refractivity contribution in [2.45, 2.75) is 55.2 Å². The van der Waals surface area contributed by atoms with Crippen molar-refractivity contribution >= 4 is 27.3 Å². The molecule has 0 aromatic heterocycles. The summed E-state index contributed by atoms with van der Waals surface area (Å²) in [5.41, 5.74) is 0. The quantitative estimate of drug-likeness (QED) is 0.923. The van der Waals surface area contributed by atoms with Gasteiger partial charge in [-0.15, -0.1) is 0 Å². The number of rotatable bonds is 4. The maximum Gasteiger partial charge on any atom is 0.238 e. The highest BCUT2D eigenvalue weighted by atomic mass is 35.5. The molecule has 1 aromatic rings. The predicted octanol–water partition coefficient (Wildman–Crippen LogP) is 2.95. The van der Waals surface area contributed by atoms with Crippen LogP contribution < -0.4 is 5.32 Å². The molecule has 2 rings (SSSR count). The molecule has 0 radical (unpaired) electrons. The van der Waals surface area contributed by atoms with E-state index in [-0.39, 0.29) is 10.9 Å². The first-order valence-corrected chi connectivity index (χ1v) is 9.13. The molecule has 0 spiro atoms. The van der Waals surface area contributed by atoms with Crippen LogP contribution in [-0.4, -0.2) is 25.6 Å². The highest BCUT2D eigenvalue weighted by Gasteiger charge is 2.31. The van der Waals surface area contributed by atoms with Gasteiger partial charge < -0.3 is 5.32 Å². The van der Waals surface area contributed by atoms with Crippen molar-refractivity contribution in [3.8, 4) is 0 Å². The van der Waals surface area contributed by atoms with Crippen LogP contribution in [0, 0.1) is 0 Å². The van der Waals surface area contributed by atoms with Crippen LogP contribution >= 0.6 is 11.6 Å². The van der Waals surface area contributed by atoms with Gasteiger partial charge in [0, 0.05) is 11.1 Å². The van der Waals surface area contributed by atoms with Crippen LogP contribution in [-0.2, 0) is 14.6 Å². The Morgan fingerprint density at radius 3 is 2.57 bits per heavy atom. The molecule has 1 amide bonds. The average molecular weight is 330 g/mol. The lowest BCUT2D eigenvalue weighted by Crippen LogP contribution is -2.44. The molecule has 4 nitrogen and oxygen atoms in total. The van der Waals surface area contributed by atoms with E-state index in [0.717, 1.165) is 25.7 Å². The van der Waals surface area contributed by atoms with Gasteiger partial charge in [0.1, 0.15) is 5.25 Å². The SMILES string of the molecule is C[C@H](C(=O)NC1CCCCC1)S(=O)(=O)c1cccc(Cl)c1. The fraction of sp³-hybridized carbons (Fsp3) is 0.533. The second kappa shape index (κ2) is 6.79. The lowest BCUT2D eigenvalue weighted by Gasteiger charge is -2.24. The molecule has 1 saturated carbocycles. The molecule has 1 atom stereocenters. The number of nitrogens with one attached hydrogen (secondary N) is 1. The van der Waals surface area contributed by atoms with Gasteiger partial charge >= 0.3 is 0 Å². The third kappa shape index (κ3) is 3.98. The summed E-state index contributed by atoms with van der Waals surface area (Å²) in [5.74, 6) is -0.429. The van der Waals surface area contributed by atoms with E-state index in [0.29, 0.717) is 5.02 Å². The summed E-state index contributed by atoms with van der Waals surface area (Å²) in [6.45, 7) is 1.42. The fourth-order valence-electron chi connectivity index (χ4n) is 2.55. The Bertz CT molecular complexity index is 609. The number of hydrogen-bond acceptors (Lipinski definition) is 3. The van der Waals surface area contributed by atoms with Crippen molar-refractivity contribution in [1.29, 1.82) is 0 Å². The summed E-state index contributed by atoms with van der Waals surface area (Å²) in [6.07, 6.45) is 5.20. The summed E-state index contributed by atoms with van der Waals surface area (Å²) in [5, 5.41) is 2.09. The molecule has 0 unspecified atom stereocenters. The Labute approximate surface area is 130 Å². The van der Waals surface area contributed by atoms with E-state index in [4.69, 9.17) is 11.6 Å². The average Bonchev–Trinajstić information content (AvgIpc) is 2.47. The molecule has 1 fully saturated rings. The number of halogens is 1. The van der Waals surface area contributed by atoms with E-state index in [1.165, 1.54) is 25.5 Å². The monoisotopic (exact) mass is 329 g/mol. The van der Waals surface area contributed by atoms with Gasteiger partial charge in [-0.2, -0.15) is 0 Å². The second-order valence-electron chi connectivity index (χ2n) is 5.49. The third-order valence-electron chi connectivity index (χ3n) is 3.91. The number of carbonyl (C=O) groups excluding carboxylic acids is 1. The van der Waals surface area contributed by atoms with Crippen molar-refractivity contribution in [2.24, 2.45) is 0 Å². The summed E-state index contributed by atoms with van der Waals surface area (Å²) in [4.78, 5) is 12.3. The summed E-state index contributed by atoms with van der Waals surface area (Å²) in [7, 11) is -3.71. The molecule has 1 aliphatic carbocycles. The normalized spacial score (nSPS) is 18.2. The highest BCUT2D eigenvalue weighted by molar-refractivity contribution is 7.92. The standard InChI is InChI=1S/C15H20ClNO3S/c1-11(15(18)17-13-7-3-2-4-8-13)21(19,20)14-9-5-6-12(16)10-14/h5-6,9-11,13H,2-4,7-8H2,1H3,(H,17,18)/t11-/m1/s1. The van der Waals surface area contributed by atoms with Crippen molar-refractivity contribution < 1.29 is 13.2 Å². The van der Waals surface area contributed by atoms with Crippen molar-refractivity contribution in [1.82, 2.24) is 5.32 Å². The molecule has 0 saturated heterocycles. The second-order valence-corrected chi connectivity index (χ2v) is 8.19. The third-order valence-corrected chi connectivity index (χ3v) is 6.20. The maximum absolute atomic E-state index is 12.4. The first-order valence-electron chi connectivity index (χ1n) is 7.21. The molecule has 116 valence electrons. The van der Waals surface area contributed by atoms with Crippen molar-refractivity contribution in [2.75, 3.05) is 0 Å². The molecule has 1 aromatic carbocycles. The Balaban J connectivity index is 2.10. The lowest BCUT2D eigenvalue weighted by molar-refractivity contribution is -0.121. The summed E-state index contributed by atoms with van der Waals surface area (Å²) < 4.78 is 24.9. The van der Waals surface area contributed by atoms with Crippen LogP contribution in [0.2, 0.25) is 5.02 Å². The lowest BCUT2D eigenvalue weighted by atomic mass is 9.95. The first-order chi connectivity index (χ1) is 9.91. The molecule has 0 heterocycles. The zero-order valence-electron chi connectivity index (χ0n) is 12.0. The number of carbonyl (C=O) groups is 1. The van der Waals surface area contributed by atoms with Gasteiger partial charge in [0.15, 0.2) is 9.84 Å². The topological polar surface area (TPSA) is 63.2 Å². The van der Waals surface area contributed by atoms with Gasteiger partial charge in [-0.25, -0.2) is 8.42 Å². The molecular formula is C15H20ClNO3S. The molecule has 6 heteroatoms. The minimum Gasteiger partial charge on any atom is -0.352 e. The Morgan fingerprint density at radius 2 is 1.95 bits per heavy atom. The molecule has 1 N–H and O–H groups in total. The van der Waals surface area contributed by atoms with Crippen molar-refractivity contribution in [3.05, 3.63) is 29.3 Å². The van der Waals surface area contributed by atoms with E-state index < -0.39 is 21.0 Å². The van der Waals surface area contributed by atoms with Crippen LogP contribution in [0.15, 0.2) is 29.2 Å². The Hall–Kier alpha value is -1.07. The van der Waals surface area contributed by atoms with Gasteiger partial charge in [0.05, 0.1) is 4.90 Å². The molecule has 21 heavy (non-hydrogen) atoms. The smallest absolute Gasteiger partial charge is 0.238 e. The van der Waals surface area contributed by atoms with Gasteiger partial charge in [0.2, 0.25) is 5.91 Å². The Kier molecular flexibility index (Phi) is 5.27. The first kappa shape index (κ1) is 16.3. The van der Waals surface area contributed by atoms with Crippen LogP contribution in [0.25, 0.3) is 0 Å². The van der Waals surface area contributed by atoms with Gasteiger partial charge in [-0.3, -0.25) is 4.79 Å². The largest absolute Gasteiger partial charge is 0.352 e. The number of sulfone groups is 1. The van der Waals surface area contributed by atoms with Crippen molar-refractivity contribution in [3.63, 3.8) is 0 Å². The Morgan fingerprint density at radius 1 is 1.29 bits per heavy atom. The minimum atomic E-state index is -3.71. The summed E-state index contributed by atoms with van der Waals surface area (Å²) >= 11 is 5.83. The zero-order valence-corrected chi connectivity index (χ0v) is 13.6. The fourth-order valence-corrected chi connectivity index (χ4v) is 4.13. The van der Waals surface area contributed by atoms with E-state index >= 15 is 0 Å². The van der Waals surface area contributed by atoms with Crippen LogP contribution in [0.5, 0.6) is 0 Å². The molecular weight excluding hydrogens is 310 g/mol. The number of amides is 1. The van der Waals surface area contributed by atoms with Crippen LogP contribution in [0.1, 0.15) is 39.0 Å². The molecule has 1 aliphatic rings. The van der Waals surface area contributed by atoms with Crippen LogP contribution in [0.4, 0.5) is 0 Å². The zero-order chi connectivity index (χ0) is 15.5. The van der Waals surface area contributed by atoms with E-state index in [2.05, 4.69) is 5.32 Å². The van der Waals surface area contributed by atoms with Gasteiger partial charge in [-0.05, 0) is 38.0 Å². The number of benzene rings is 1. The molecule has 0 aliphatic heterocycles. The maximum atomic E-state index is 12.4. The molecule has 0 bridgehead atoms. The van der Waals surface area contributed by atoms with E-state index in [1.807, 2.05) is 0 Å². The minimum absolute atomic E-state index is 0.0845. The predicted molar refractivity (Wildman–Crippen MR) is 83.1 cm³/mol. The highest BCUT2D eigenvalue weighted by Crippen LogP contribution is 2.21. The van der Waals surface area contributed by atoms with Crippen LogP contribution in [0.3, 0.4) is 0 Å². The van der Waals surface area contributed by atoms with Gasteiger partial charge in [0.25, 0.3) is 0 Å². The van der Waals surface area contributed by atoms with E-state index in [1.54, 1.807) is 12.1 Å². The van der Waals surface area contributed by atoms with Gasteiger partial charge in [-0.1, -0.05) is 36.9 Å². The van der Waals surface area contributed by atoms with E-state index in [9.17, 15) is 13.2 Å².